The fraction of sp³-hybridized carbons (Fsp3) is 0.667. The molecule has 16 heavy (non-hydrogen) atoms. The Morgan fingerprint density at radius 3 is 2.94 bits per heavy atom. The van der Waals surface area contributed by atoms with Gasteiger partial charge in [0.2, 0.25) is 0 Å². The van der Waals surface area contributed by atoms with E-state index in [1.54, 1.807) is 0 Å². The van der Waals surface area contributed by atoms with Gasteiger partial charge in [0.05, 0.1) is 12.5 Å². The van der Waals surface area contributed by atoms with E-state index in [0.29, 0.717) is 18.3 Å². The van der Waals surface area contributed by atoms with E-state index in [2.05, 4.69) is 14.7 Å². The van der Waals surface area contributed by atoms with Gasteiger partial charge in [0.15, 0.2) is 5.03 Å². The molecule has 5 nitrogen and oxygen atoms in total. The first-order valence-corrected chi connectivity index (χ1v) is 7.12. The molecule has 92 valence electrons. The molecule has 1 rings (SSSR count). The van der Waals surface area contributed by atoms with Gasteiger partial charge in [-0.3, -0.25) is 0 Å². The normalized spacial score (nSPS) is 13.9. The van der Waals surface area contributed by atoms with E-state index < -0.39 is 10.0 Å². The van der Waals surface area contributed by atoms with Crippen LogP contribution in [0.15, 0.2) is 17.6 Å². The Hall–Kier alpha value is -0.590. The third kappa shape index (κ3) is 4.11. The molecule has 0 saturated heterocycles. The van der Waals surface area contributed by atoms with Crippen molar-refractivity contribution >= 4 is 21.6 Å². The second kappa shape index (κ2) is 6.22. The smallest absolute Gasteiger partial charge is 0.257 e. The van der Waals surface area contributed by atoms with Crippen LogP contribution in [-0.4, -0.2) is 30.8 Å². The molecule has 1 atom stereocenters. The minimum absolute atomic E-state index is 0.0953. The lowest BCUT2D eigenvalue weighted by Crippen LogP contribution is -2.25. The summed E-state index contributed by atoms with van der Waals surface area (Å²) in [6.45, 7) is 2.46. The van der Waals surface area contributed by atoms with Gasteiger partial charge in [-0.1, -0.05) is 6.92 Å². The molecule has 0 aliphatic heterocycles. The highest BCUT2D eigenvalue weighted by Gasteiger charge is 2.14. The number of H-pyrrole nitrogens is 1. The number of halogens is 1. The first-order valence-electron chi connectivity index (χ1n) is 5.10. The fourth-order valence-corrected chi connectivity index (χ4v) is 2.33. The van der Waals surface area contributed by atoms with Gasteiger partial charge < -0.3 is 4.98 Å². The van der Waals surface area contributed by atoms with Crippen molar-refractivity contribution in [1.82, 2.24) is 14.7 Å². The standard InChI is InChI=1S/C9H16ClN3O2S/c1-8(5-10)3-2-4-13-16(14,15)9-6-11-7-12-9/h6-8,13H,2-5H2,1H3,(H,11,12). The van der Waals surface area contributed by atoms with E-state index in [1.807, 2.05) is 6.92 Å². The van der Waals surface area contributed by atoms with Crippen LogP contribution in [0.2, 0.25) is 0 Å². The van der Waals surface area contributed by atoms with Crippen molar-refractivity contribution in [3.8, 4) is 0 Å². The molecule has 0 aliphatic carbocycles. The lowest BCUT2D eigenvalue weighted by atomic mass is 10.1. The molecule has 1 heterocycles. The minimum Gasteiger partial charge on any atom is -0.335 e. The summed E-state index contributed by atoms with van der Waals surface area (Å²) in [5.74, 6) is 1.02. The van der Waals surface area contributed by atoms with Crippen LogP contribution in [0.1, 0.15) is 19.8 Å². The highest BCUT2D eigenvalue weighted by molar-refractivity contribution is 7.89. The lowest BCUT2D eigenvalue weighted by molar-refractivity contribution is 0.542. The van der Waals surface area contributed by atoms with E-state index in [1.165, 1.54) is 12.5 Å². The zero-order chi connectivity index (χ0) is 12.0. The lowest BCUT2D eigenvalue weighted by Gasteiger charge is -2.07. The SMILES string of the molecule is CC(CCl)CCCNS(=O)(=O)c1cnc[nH]1. The Bertz CT molecular complexity index is 391. The average Bonchev–Trinajstić information content (AvgIpc) is 2.78. The van der Waals surface area contributed by atoms with Crippen LogP contribution in [0.5, 0.6) is 0 Å². The van der Waals surface area contributed by atoms with E-state index >= 15 is 0 Å². The maximum Gasteiger partial charge on any atom is 0.257 e. The van der Waals surface area contributed by atoms with Crippen molar-refractivity contribution in [1.29, 1.82) is 0 Å². The number of hydrogen-bond donors (Lipinski definition) is 2. The minimum atomic E-state index is -3.42. The zero-order valence-corrected chi connectivity index (χ0v) is 10.7. The maximum atomic E-state index is 11.6. The number of aromatic nitrogens is 2. The number of imidazole rings is 1. The molecule has 1 aromatic heterocycles. The average molecular weight is 266 g/mol. The molecule has 0 spiro atoms. The molecule has 2 N–H and O–H groups in total. The molecular formula is C9H16ClN3O2S. The molecule has 7 heteroatoms. The predicted octanol–water partition coefficient (Wildman–Crippen LogP) is 1.34. The van der Waals surface area contributed by atoms with Crippen molar-refractivity contribution in [2.75, 3.05) is 12.4 Å². The van der Waals surface area contributed by atoms with E-state index in [-0.39, 0.29) is 5.03 Å². The van der Waals surface area contributed by atoms with Crippen LogP contribution >= 0.6 is 11.6 Å². The maximum absolute atomic E-state index is 11.6. The van der Waals surface area contributed by atoms with Crippen LogP contribution in [0.4, 0.5) is 0 Å². The van der Waals surface area contributed by atoms with Gasteiger partial charge in [-0.2, -0.15) is 0 Å². The molecule has 0 radical (unpaired) electrons. The number of sulfonamides is 1. The molecule has 1 aromatic rings. The zero-order valence-electron chi connectivity index (χ0n) is 9.11. The highest BCUT2D eigenvalue weighted by atomic mass is 35.5. The molecule has 0 aromatic carbocycles. The molecule has 0 amide bonds. The summed E-state index contributed by atoms with van der Waals surface area (Å²) in [5.41, 5.74) is 0. The first-order chi connectivity index (χ1) is 7.56. The summed E-state index contributed by atoms with van der Waals surface area (Å²) in [4.78, 5) is 6.22. The third-order valence-electron chi connectivity index (χ3n) is 2.19. The Balaban J connectivity index is 2.33. The molecule has 1 unspecified atom stereocenters. The number of nitrogens with zero attached hydrogens (tertiary/aromatic N) is 1. The second-order valence-corrected chi connectivity index (χ2v) is 5.76. The Morgan fingerprint density at radius 1 is 1.62 bits per heavy atom. The van der Waals surface area contributed by atoms with Crippen LogP contribution < -0.4 is 4.72 Å². The van der Waals surface area contributed by atoms with Gasteiger partial charge in [-0.15, -0.1) is 11.6 Å². The number of nitrogens with one attached hydrogen (secondary N) is 2. The van der Waals surface area contributed by atoms with Gasteiger partial charge in [0, 0.05) is 12.4 Å². The summed E-state index contributed by atoms with van der Waals surface area (Å²) < 4.78 is 25.7. The van der Waals surface area contributed by atoms with E-state index in [0.717, 1.165) is 12.8 Å². The summed E-state index contributed by atoms with van der Waals surface area (Å²) >= 11 is 5.65. The summed E-state index contributed by atoms with van der Waals surface area (Å²) in [6, 6.07) is 0. The number of rotatable bonds is 7. The number of alkyl halides is 1. The van der Waals surface area contributed by atoms with Gasteiger partial charge in [-0.25, -0.2) is 18.1 Å². The molecule has 0 aliphatic rings. The van der Waals surface area contributed by atoms with Crippen molar-refractivity contribution in [2.24, 2.45) is 5.92 Å². The number of hydrogen-bond acceptors (Lipinski definition) is 3. The van der Waals surface area contributed by atoms with Gasteiger partial charge >= 0.3 is 0 Å². The Kier molecular flexibility index (Phi) is 5.24. The van der Waals surface area contributed by atoms with Crippen LogP contribution in [0.3, 0.4) is 0 Å². The van der Waals surface area contributed by atoms with Crippen molar-refractivity contribution in [2.45, 2.75) is 24.8 Å². The highest BCUT2D eigenvalue weighted by Crippen LogP contribution is 2.07. The van der Waals surface area contributed by atoms with Crippen LogP contribution in [0.25, 0.3) is 0 Å². The number of aromatic amines is 1. The summed E-state index contributed by atoms with van der Waals surface area (Å²) in [6.07, 6.45) is 4.31. The van der Waals surface area contributed by atoms with Gasteiger partial charge in [0.25, 0.3) is 10.0 Å². The molecule has 0 bridgehead atoms. The Labute approximate surface area is 101 Å². The Morgan fingerprint density at radius 2 is 2.38 bits per heavy atom. The van der Waals surface area contributed by atoms with Crippen molar-refractivity contribution in [3.63, 3.8) is 0 Å². The predicted molar refractivity (Wildman–Crippen MR) is 62.9 cm³/mol. The third-order valence-corrected chi connectivity index (χ3v) is 4.11. The van der Waals surface area contributed by atoms with Crippen molar-refractivity contribution in [3.05, 3.63) is 12.5 Å². The molecule has 0 fully saturated rings. The van der Waals surface area contributed by atoms with Gasteiger partial charge in [-0.05, 0) is 18.8 Å². The van der Waals surface area contributed by atoms with Crippen molar-refractivity contribution < 1.29 is 8.42 Å². The van der Waals surface area contributed by atoms with Crippen LogP contribution in [-0.2, 0) is 10.0 Å². The van der Waals surface area contributed by atoms with E-state index in [4.69, 9.17) is 11.6 Å². The van der Waals surface area contributed by atoms with Crippen LogP contribution in [0, 0.1) is 5.92 Å². The quantitative estimate of drug-likeness (QED) is 0.577. The second-order valence-electron chi connectivity index (χ2n) is 3.72. The van der Waals surface area contributed by atoms with E-state index in [9.17, 15) is 8.42 Å². The first kappa shape index (κ1) is 13.5. The summed E-state index contributed by atoms with van der Waals surface area (Å²) in [5, 5.41) is 0.0953. The molecule has 0 saturated carbocycles. The summed E-state index contributed by atoms with van der Waals surface area (Å²) in [7, 11) is -3.42. The molecular weight excluding hydrogens is 250 g/mol. The van der Waals surface area contributed by atoms with Gasteiger partial charge in [0.1, 0.15) is 0 Å². The largest absolute Gasteiger partial charge is 0.335 e. The monoisotopic (exact) mass is 265 g/mol. The topological polar surface area (TPSA) is 74.8 Å². The fourth-order valence-electron chi connectivity index (χ4n) is 1.20.